The van der Waals surface area contributed by atoms with Crippen molar-refractivity contribution >= 4 is 16.9 Å². The van der Waals surface area contributed by atoms with Crippen molar-refractivity contribution in [3.63, 3.8) is 0 Å². The second kappa shape index (κ2) is 5.75. The number of rotatable bonds is 5. The molecule has 0 N–H and O–H groups in total. The first-order valence-electron chi connectivity index (χ1n) is 5.90. The lowest BCUT2D eigenvalue weighted by molar-refractivity contribution is 0.0388. The summed E-state index contributed by atoms with van der Waals surface area (Å²) in [7, 11) is 3.13. The van der Waals surface area contributed by atoms with Crippen LogP contribution in [0.2, 0.25) is 0 Å². The smallest absolute Gasteiger partial charge is 0.342 e. The minimum absolute atomic E-state index is 0.214. The highest BCUT2D eigenvalue weighted by Crippen LogP contribution is 2.29. The molecule has 0 saturated carbocycles. The van der Waals surface area contributed by atoms with Crippen molar-refractivity contribution in [2.24, 2.45) is 0 Å². The van der Waals surface area contributed by atoms with E-state index in [-0.39, 0.29) is 6.61 Å². The van der Waals surface area contributed by atoms with Gasteiger partial charge in [-0.25, -0.2) is 4.79 Å². The first-order chi connectivity index (χ1) is 9.17. The van der Waals surface area contributed by atoms with Gasteiger partial charge in [-0.15, -0.1) is 0 Å². The molecular formula is C14H16O5. The van der Waals surface area contributed by atoms with Crippen molar-refractivity contribution in [1.29, 1.82) is 0 Å². The van der Waals surface area contributed by atoms with E-state index >= 15 is 0 Å². The van der Waals surface area contributed by atoms with Crippen molar-refractivity contribution in [3.05, 3.63) is 29.5 Å². The predicted molar refractivity (Wildman–Crippen MR) is 69.7 cm³/mol. The molecule has 0 bridgehead atoms. The number of benzene rings is 1. The molecule has 19 heavy (non-hydrogen) atoms. The van der Waals surface area contributed by atoms with Crippen LogP contribution in [-0.4, -0.2) is 33.4 Å². The lowest BCUT2D eigenvalue weighted by atomic mass is 10.1. The van der Waals surface area contributed by atoms with Gasteiger partial charge in [0.25, 0.3) is 0 Å². The Morgan fingerprint density at radius 1 is 1.26 bits per heavy atom. The molecule has 1 aromatic carbocycles. The fourth-order valence-corrected chi connectivity index (χ4v) is 1.87. The van der Waals surface area contributed by atoms with Crippen LogP contribution in [-0.2, 0) is 9.47 Å². The van der Waals surface area contributed by atoms with Crippen LogP contribution in [0, 0.1) is 6.92 Å². The molecule has 2 rings (SSSR count). The molecule has 0 saturated heterocycles. The number of fused-ring (bicyclic) bond motifs is 1. The van der Waals surface area contributed by atoms with Gasteiger partial charge in [0, 0.05) is 12.5 Å². The number of furan rings is 1. The molecule has 0 aliphatic carbocycles. The van der Waals surface area contributed by atoms with Crippen LogP contribution < -0.4 is 4.74 Å². The summed E-state index contributed by atoms with van der Waals surface area (Å²) in [5.74, 6) is 0.784. The standard InChI is InChI=1S/C14H16O5/c1-9-13(14(15)18-7-6-16-2)11-8-10(17-3)4-5-12(11)19-9/h4-5,8H,6-7H2,1-3H3. The molecule has 0 atom stereocenters. The number of hydrogen-bond acceptors (Lipinski definition) is 5. The molecule has 0 unspecified atom stereocenters. The largest absolute Gasteiger partial charge is 0.497 e. The Bertz CT molecular complexity index is 585. The minimum atomic E-state index is -0.415. The number of carbonyl (C=O) groups excluding carboxylic acids is 1. The van der Waals surface area contributed by atoms with Gasteiger partial charge in [-0.1, -0.05) is 0 Å². The van der Waals surface area contributed by atoms with E-state index in [0.717, 1.165) is 0 Å². The number of aryl methyl sites for hydroxylation is 1. The molecule has 5 nitrogen and oxygen atoms in total. The fourth-order valence-electron chi connectivity index (χ4n) is 1.87. The molecule has 102 valence electrons. The van der Waals surface area contributed by atoms with Crippen molar-refractivity contribution in [3.8, 4) is 5.75 Å². The highest BCUT2D eigenvalue weighted by atomic mass is 16.6. The van der Waals surface area contributed by atoms with Gasteiger partial charge in [-0.2, -0.15) is 0 Å². The van der Waals surface area contributed by atoms with E-state index in [1.165, 1.54) is 0 Å². The Morgan fingerprint density at radius 3 is 2.74 bits per heavy atom. The van der Waals surface area contributed by atoms with Crippen LogP contribution in [0.3, 0.4) is 0 Å². The summed E-state index contributed by atoms with van der Waals surface area (Å²) in [4.78, 5) is 12.0. The van der Waals surface area contributed by atoms with E-state index in [0.29, 0.717) is 34.6 Å². The molecule has 1 heterocycles. The third kappa shape index (κ3) is 2.71. The Labute approximate surface area is 111 Å². The van der Waals surface area contributed by atoms with Gasteiger partial charge in [-0.05, 0) is 25.1 Å². The zero-order valence-corrected chi connectivity index (χ0v) is 11.2. The maximum Gasteiger partial charge on any atom is 0.342 e. The Balaban J connectivity index is 2.35. The van der Waals surface area contributed by atoms with Crippen LogP contribution in [0.25, 0.3) is 11.0 Å². The number of carbonyl (C=O) groups is 1. The Hall–Kier alpha value is -2.01. The molecule has 0 fully saturated rings. The fraction of sp³-hybridized carbons (Fsp3) is 0.357. The van der Waals surface area contributed by atoms with Gasteiger partial charge >= 0.3 is 5.97 Å². The van der Waals surface area contributed by atoms with Crippen molar-refractivity contribution in [1.82, 2.24) is 0 Å². The van der Waals surface area contributed by atoms with E-state index in [1.54, 1.807) is 39.3 Å². The Morgan fingerprint density at radius 2 is 2.05 bits per heavy atom. The lowest BCUT2D eigenvalue weighted by Gasteiger charge is -2.04. The lowest BCUT2D eigenvalue weighted by Crippen LogP contribution is -2.10. The first kappa shape index (κ1) is 13.4. The van der Waals surface area contributed by atoms with E-state index in [2.05, 4.69) is 0 Å². The van der Waals surface area contributed by atoms with Crippen molar-refractivity contribution in [2.45, 2.75) is 6.92 Å². The quantitative estimate of drug-likeness (QED) is 0.613. The monoisotopic (exact) mass is 264 g/mol. The molecule has 0 spiro atoms. The highest BCUT2D eigenvalue weighted by Gasteiger charge is 2.19. The molecule has 1 aromatic heterocycles. The van der Waals surface area contributed by atoms with Gasteiger partial charge in [0.1, 0.15) is 29.3 Å². The molecule has 0 amide bonds. The highest BCUT2D eigenvalue weighted by molar-refractivity contribution is 6.04. The van der Waals surface area contributed by atoms with E-state index < -0.39 is 5.97 Å². The van der Waals surface area contributed by atoms with E-state index in [4.69, 9.17) is 18.6 Å². The molecule has 5 heteroatoms. The van der Waals surface area contributed by atoms with Gasteiger partial charge in [0.15, 0.2) is 0 Å². The number of ether oxygens (including phenoxy) is 3. The molecule has 0 aliphatic rings. The SMILES string of the molecule is COCCOC(=O)c1c(C)oc2ccc(OC)cc12. The molecule has 0 radical (unpaired) electrons. The molecule has 2 aromatic rings. The zero-order chi connectivity index (χ0) is 13.8. The molecular weight excluding hydrogens is 248 g/mol. The van der Waals surface area contributed by atoms with Crippen LogP contribution in [0.4, 0.5) is 0 Å². The summed E-state index contributed by atoms with van der Waals surface area (Å²) in [6.45, 7) is 2.31. The van der Waals surface area contributed by atoms with Gasteiger partial charge in [0.05, 0.1) is 13.7 Å². The average Bonchev–Trinajstić information content (AvgIpc) is 2.73. The van der Waals surface area contributed by atoms with Crippen LogP contribution in [0.5, 0.6) is 5.75 Å². The van der Waals surface area contributed by atoms with E-state index in [1.807, 2.05) is 0 Å². The zero-order valence-electron chi connectivity index (χ0n) is 11.2. The normalized spacial score (nSPS) is 10.7. The topological polar surface area (TPSA) is 57.9 Å². The van der Waals surface area contributed by atoms with Crippen molar-refractivity contribution < 1.29 is 23.4 Å². The number of methoxy groups -OCH3 is 2. The average molecular weight is 264 g/mol. The second-order valence-electron chi connectivity index (χ2n) is 4.02. The first-order valence-corrected chi connectivity index (χ1v) is 5.90. The summed E-state index contributed by atoms with van der Waals surface area (Å²) in [5, 5.41) is 0.694. The summed E-state index contributed by atoms with van der Waals surface area (Å²) >= 11 is 0. The van der Waals surface area contributed by atoms with Crippen LogP contribution in [0.15, 0.2) is 22.6 Å². The third-order valence-corrected chi connectivity index (χ3v) is 2.80. The molecule has 0 aliphatic heterocycles. The minimum Gasteiger partial charge on any atom is -0.497 e. The summed E-state index contributed by atoms with van der Waals surface area (Å²) in [6, 6.07) is 5.32. The second-order valence-corrected chi connectivity index (χ2v) is 4.02. The Kier molecular flexibility index (Phi) is 4.06. The van der Waals surface area contributed by atoms with Gasteiger partial charge in [0.2, 0.25) is 0 Å². The maximum absolute atomic E-state index is 12.0. The van der Waals surface area contributed by atoms with Crippen molar-refractivity contribution in [2.75, 3.05) is 27.4 Å². The number of hydrogen-bond donors (Lipinski definition) is 0. The summed E-state index contributed by atoms with van der Waals surface area (Å²) in [6.07, 6.45) is 0. The van der Waals surface area contributed by atoms with Gasteiger partial charge in [-0.3, -0.25) is 0 Å². The van der Waals surface area contributed by atoms with Crippen LogP contribution in [0.1, 0.15) is 16.1 Å². The predicted octanol–water partition coefficient (Wildman–Crippen LogP) is 2.55. The maximum atomic E-state index is 12.0. The van der Waals surface area contributed by atoms with Crippen LogP contribution >= 0.6 is 0 Å². The summed E-state index contributed by atoms with van der Waals surface area (Å²) in [5.41, 5.74) is 1.07. The van der Waals surface area contributed by atoms with E-state index in [9.17, 15) is 4.79 Å². The third-order valence-electron chi connectivity index (χ3n) is 2.80. The summed E-state index contributed by atoms with van der Waals surface area (Å²) < 4.78 is 20.7. The number of esters is 1. The van der Waals surface area contributed by atoms with Gasteiger partial charge < -0.3 is 18.6 Å².